The first-order valence-corrected chi connectivity index (χ1v) is 8.95. The quantitative estimate of drug-likeness (QED) is 0.502. The van der Waals surface area contributed by atoms with Crippen LogP contribution in [0.5, 0.6) is 5.75 Å². The van der Waals surface area contributed by atoms with Crippen LogP contribution in [0.4, 0.5) is 0 Å². The number of carbonyl (C=O) groups is 2. The number of hydrogen-bond donors (Lipinski definition) is 0. The third-order valence-corrected chi connectivity index (χ3v) is 4.59. The van der Waals surface area contributed by atoms with Crippen LogP contribution >= 0.6 is 0 Å². The number of rotatable bonds is 5. The Morgan fingerprint density at radius 3 is 2.30 bits per heavy atom. The summed E-state index contributed by atoms with van der Waals surface area (Å²) < 4.78 is 6.21. The Balaban J connectivity index is 1.70. The molecule has 4 rings (SSSR count). The van der Waals surface area contributed by atoms with Gasteiger partial charge in [0.15, 0.2) is 0 Å². The topological polar surface area (TPSA) is 46.6 Å². The molecule has 0 spiro atoms. The Hall–Kier alpha value is -3.40. The maximum Gasteiger partial charge on any atom is 0.230 e. The van der Waals surface area contributed by atoms with Crippen molar-refractivity contribution in [2.75, 3.05) is 6.54 Å². The average Bonchev–Trinajstić information content (AvgIpc) is 3.01. The van der Waals surface area contributed by atoms with Gasteiger partial charge >= 0.3 is 0 Å². The Kier molecular flexibility index (Phi) is 4.71. The van der Waals surface area contributed by atoms with Crippen molar-refractivity contribution in [3.05, 3.63) is 84.1 Å². The molecule has 4 heteroatoms. The summed E-state index contributed by atoms with van der Waals surface area (Å²) in [4.78, 5) is 25.4. The molecule has 1 heterocycles. The zero-order valence-corrected chi connectivity index (χ0v) is 14.8. The highest BCUT2D eigenvalue weighted by Gasteiger charge is 2.30. The zero-order valence-electron chi connectivity index (χ0n) is 14.8. The van der Waals surface area contributed by atoms with Crippen LogP contribution in [-0.2, 0) is 9.59 Å². The van der Waals surface area contributed by atoms with Gasteiger partial charge in [0.05, 0.1) is 6.54 Å². The molecule has 27 heavy (non-hydrogen) atoms. The molecule has 0 atom stereocenters. The van der Waals surface area contributed by atoms with Crippen molar-refractivity contribution in [2.24, 2.45) is 0 Å². The van der Waals surface area contributed by atoms with E-state index in [1.165, 1.54) is 4.90 Å². The van der Waals surface area contributed by atoms with Crippen LogP contribution in [0.1, 0.15) is 18.4 Å². The second-order valence-electron chi connectivity index (χ2n) is 6.47. The molecule has 1 aliphatic rings. The zero-order chi connectivity index (χ0) is 18.6. The molecule has 0 unspecified atom stereocenters. The van der Waals surface area contributed by atoms with E-state index in [0.717, 1.165) is 16.3 Å². The largest absolute Gasteiger partial charge is 0.459 e. The van der Waals surface area contributed by atoms with E-state index in [9.17, 15) is 9.59 Å². The first-order chi connectivity index (χ1) is 13.2. The lowest BCUT2D eigenvalue weighted by Crippen LogP contribution is -2.32. The summed E-state index contributed by atoms with van der Waals surface area (Å²) in [6.45, 7) is 0.135. The summed E-state index contributed by atoms with van der Waals surface area (Å²) in [6.07, 6.45) is 2.41. The number of benzene rings is 3. The molecule has 0 saturated carbocycles. The minimum absolute atomic E-state index is 0.135. The molecule has 1 saturated heterocycles. The van der Waals surface area contributed by atoms with Gasteiger partial charge in [-0.25, -0.2) is 0 Å². The Labute approximate surface area is 157 Å². The van der Waals surface area contributed by atoms with Crippen LogP contribution in [0.3, 0.4) is 0 Å². The van der Waals surface area contributed by atoms with E-state index in [2.05, 4.69) is 0 Å². The van der Waals surface area contributed by atoms with Gasteiger partial charge in [-0.05, 0) is 23.1 Å². The third kappa shape index (κ3) is 3.75. The van der Waals surface area contributed by atoms with Crippen LogP contribution in [0.2, 0.25) is 0 Å². The lowest BCUT2D eigenvalue weighted by Gasteiger charge is -2.18. The molecule has 0 aromatic heterocycles. The van der Waals surface area contributed by atoms with Crippen molar-refractivity contribution < 1.29 is 14.3 Å². The van der Waals surface area contributed by atoms with Gasteiger partial charge in [0.25, 0.3) is 0 Å². The molecule has 0 aliphatic carbocycles. The van der Waals surface area contributed by atoms with Crippen LogP contribution < -0.4 is 4.74 Å². The number of carbonyl (C=O) groups excluding carboxylic acids is 2. The fourth-order valence-corrected chi connectivity index (χ4v) is 3.22. The number of amides is 2. The van der Waals surface area contributed by atoms with E-state index in [-0.39, 0.29) is 31.2 Å². The summed E-state index contributed by atoms with van der Waals surface area (Å²) in [5.74, 6) is 0.955. The van der Waals surface area contributed by atoms with E-state index in [1.807, 2.05) is 78.9 Å². The molecule has 2 amide bonds. The van der Waals surface area contributed by atoms with Gasteiger partial charge in [0, 0.05) is 18.2 Å². The SMILES string of the molecule is O=C1CCC(=O)N1C/C(=C/c1ccccc1)Oc1cccc2ccccc12. The second-order valence-corrected chi connectivity index (χ2v) is 6.47. The van der Waals surface area contributed by atoms with Gasteiger partial charge in [-0.15, -0.1) is 0 Å². The van der Waals surface area contributed by atoms with E-state index in [4.69, 9.17) is 4.74 Å². The highest BCUT2D eigenvalue weighted by molar-refractivity contribution is 6.02. The standard InChI is InChI=1S/C23H19NO3/c25-22-13-14-23(26)24(22)16-19(15-17-7-2-1-3-8-17)27-21-12-6-10-18-9-4-5-11-20(18)21/h1-12,15H,13-14,16H2/b19-15-. The van der Waals surface area contributed by atoms with Crippen molar-refractivity contribution in [1.29, 1.82) is 0 Å². The molecule has 1 fully saturated rings. The molecule has 4 nitrogen and oxygen atoms in total. The van der Waals surface area contributed by atoms with Gasteiger partial charge in [-0.2, -0.15) is 0 Å². The van der Waals surface area contributed by atoms with Crippen molar-refractivity contribution >= 4 is 28.7 Å². The van der Waals surface area contributed by atoms with E-state index < -0.39 is 0 Å². The summed E-state index contributed by atoms with van der Waals surface area (Å²) in [6, 6.07) is 23.6. The number of hydrogen-bond acceptors (Lipinski definition) is 3. The van der Waals surface area contributed by atoms with E-state index >= 15 is 0 Å². The number of imide groups is 1. The average molecular weight is 357 g/mol. The predicted octanol–water partition coefficient (Wildman–Crippen LogP) is 4.41. The molecular weight excluding hydrogens is 338 g/mol. The first-order valence-electron chi connectivity index (χ1n) is 8.95. The number of fused-ring (bicyclic) bond motifs is 1. The minimum atomic E-state index is -0.152. The smallest absolute Gasteiger partial charge is 0.230 e. The number of ether oxygens (including phenoxy) is 1. The summed E-state index contributed by atoms with van der Waals surface area (Å²) in [5, 5.41) is 2.06. The normalized spacial score (nSPS) is 14.8. The molecule has 0 bridgehead atoms. The molecule has 134 valence electrons. The fourth-order valence-electron chi connectivity index (χ4n) is 3.22. The van der Waals surface area contributed by atoms with Crippen LogP contribution in [-0.4, -0.2) is 23.3 Å². The van der Waals surface area contributed by atoms with E-state index in [1.54, 1.807) is 0 Å². The lowest BCUT2D eigenvalue weighted by atomic mass is 10.1. The molecule has 0 radical (unpaired) electrons. The molecule has 0 N–H and O–H groups in total. The van der Waals surface area contributed by atoms with Crippen molar-refractivity contribution in [1.82, 2.24) is 4.90 Å². The Bertz CT molecular complexity index is 1000. The van der Waals surface area contributed by atoms with Crippen LogP contribution in [0.15, 0.2) is 78.6 Å². The molecular formula is C23H19NO3. The summed E-state index contributed by atoms with van der Waals surface area (Å²) >= 11 is 0. The van der Waals surface area contributed by atoms with Gasteiger partial charge in [0.2, 0.25) is 11.8 Å². The lowest BCUT2D eigenvalue weighted by molar-refractivity contribution is -0.138. The van der Waals surface area contributed by atoms with Crippen molar-refractivity contribution in [3.63, 3.8) is 0 Å². The van der Waals surface area contributed by atoms with E-state index in [0.29, 0.717) is 11.5 Å². The second kappa shape index (κ2) is 7.46. The summed E-state index contributed by atoms with van der Waals surface area (Å²) in [5.41, 5.74) is 0.951. The van der Waals surface area contributed by atoms with Gasteiger partial charge in [0.1, 0.15) is 11.5 Å². The third-order valence-electron chi connectivity index (χ3n) is 4.59. The monoisotopic (exact) mass is 357 g/mol. The molecule has 3 aromatic carbocycles. The minimum Gasteiger partial charge on any atom is -0.459 e. The van der Waals surface area contributed by atoms with Crippen LogP contribution in [0, 0.1) is 0 Å². The van der Waals surface area contributed by atoms with Crippen LogP contribution in [0.25, 0.3) is 16.8 Å². The Morgan fingerprint density at radius 2 is 1.52 bits per heavy atom. The Morgan fingerprint density at radius 1 is 0.852 bits per heavy atom. The predicted molar refractivity (Wildman–Crippen MR) is 105 cm³/mol. The fraction of sp³-hybridized carbons (Fsp3) is 0.130. The summed E-state index contributed by atoms with van der Waals surface area (Å²) in [7, 11) is 0. The van der Waals surface area contributed by atoms with Gasteiger partial charge in [-0.3, -0.25) is 14.5 Å². The highest BCUT2D eigenvalue weighted by atomic mass is 16.5. The number of nitrogens with zero attached hydrogens (tertiary/aromatic N) is 1. The number of likely N-dealkylation sites (tertiary alicyclic amines) is 1. The van der Waals surface area contributed by atoms with Gasteiger partial charge in [-0.1, -0.05) is 66.7 Å². The van der Waals surface area contributed by atoms with Crippen molar-refractivity contribution in [2.45, 2.75) is 12.8 Å². The first kappa shape index (κ1) is 17.0. The maximum absolute atomic E-state index is 12.1. The highest BCUT2D eigenvalue weighted by Crippen LogP contribution is 2.28. The van der Waals surface area contributed by atoms with Crippen molar-refractivity contribution in [3.8, 4) is 5.75 Å². The maximum atomic E-state index is 12.1. The van der Waals surface area contributed by atoms with Gasteiger partial charge < -0.3 is 4.74 Å². The molecule has 3 aromatic rings. The molecule has 1 aliphatic heterocycles.